The van der Waals surface area contributed by atoms with E-state index in [2.05, 4.69) is 21.2 Å². The van der Waals surface area contributed by atoms with E-state index in [1.807, 2.05) is 0 Å². The maximum absolute atomic E-state index is 12.7. The number of nitrogens with one attached hydrogen (secondary N) is 1. The van der Waals surface area contributed by atoms with E-state index in [9.17, 15) is 18.3 Å². The van der Waals surface area contributed by atoms with Crippen molar-refractivity contribution < 1.29 is 18.3 Å². The molecule has 0 aromatic heterocycles. The zero-order valence-corrected chi connectivity index (χ0v) is 10.4. The quantitative estimate of drug-likeness (QED) is 0.831. The molecule has 1 fully saturated rings. The fourth-order valence-electron chi connectivity index (χ4n) is 2.05. The maximum atomic E-state index is 12.7. The Bertz CT molecular complexity index is 427. The summed E-state index contributed by atoms with van der Waals surface area (Å²) in [6.07, 6.45) is -2.90. The first-order chi connectivity index (χ1) is 7.89. The van der Waals surface area contributed by atoms with E-state index in [-0.39, 0.29) is 6.04 Å². The summed E-state index contributed by atoms with van der Waals surface area (Å²) in [7, 11) is 0. The third-order valence-electron chi connectivity index (χ3n) is 2.85. The predicted octanol–water partition coefficient (Wildman–Crippen LogP) is 3.60. The number of benzene rings is 1. The molecule has 0 aliphatic carbocycles. The normalized spacial score (nSPS) is 20.8. The third kappa shape index (κ3) is 2.57. The molecular formula is C11H11BrF3NO. The van der Waals surface area contributed by atoms with E-state index in [0.29, 0.717) is 10.0 Å². The van der Waals surface area contributed by atoms with Crippen LogP contribution in [0.1, 0.15) is 30.0 Å². The van der Waals surface area contributed by atoms with Crippen LogP contribution in [0.15, 0.2) is 16.6 Å². The lowest BCUT2D eigenvalue weighted by Gasteiger charge is -2.17. The fourth-order valence-corrected chi connectivity index (χ4v) is 2.53. The van der Waals surface area contributed by atoms with Crippen molar-refractivity contribution in [2.75, 3.05) is 6.54 Å². The topological polar surface area (TPSA) is 32.3 Å². The van der Waals surface area contributed by atoms with Gasteiger partial charge in [0.05, 0.1) is 5.56 Å². The number of phenolic OH excluding ortho intramolecular Hbond substituents is 1. The van der Waals surface area contributed by atoms with Gasteiger partial charge < -0.3 is 10.4 Å². The van der Waals surface area contributed by atoms with E-state index < -0.39 is 17.5 Å². The summed E-state index contributed by atoms with van der Waals surface area (Å²) in [5, 5.41) is 12.8. The van der Waals surface area contributed by atoms with Gasteiger partial charge >= 0.3 is 6.18 Å². The van der Waals surface area contributed by atoms with Crippen molar-refractivity contribution >= 4 is 15.9 Å². The van der Waals surface area contributed by atoms with Gasteiger partial charge in [-0.25, -0.2) is 0 Å². The second-order valence-electron chi connectivity index (χ2n) is 4.04. The van der Waals surface area contributed by atoms with Gasteiger partial charge in [0.25, 0.3) is 0 Å². The molecule has 1 aliphatic rings. The molecule has 1 atom stereocenters. The summed E-state index contributed by atoms with van der Waals surface area (Å²) in [5.74, 6) is -0.667. The van der Waals surface area contributed by atoms with Gasteiger partial charge in [-0.3, -0.25) is 0 Å². The van der Waals surface area contributed by atoms with Gasteiger partial charge in [0.2, 0.25) is 0 Å². The second kappa shape index (κ2) is 4.49. The summed E-state index contributed by atoms with van der Waals surface area (Å²) in [5.41, 5.74) is -0.681. The smallest absolute Gasteiger partial charge is 0.420 e. The fraction of sp³-hybridized carbons (Fsp3) is 0.455. The molecule has 2 nitrogen and oxygen atoms in total. The Morgan fingerprint density at radius 3 is 2.59 bits per heavy atom. The average molecular weight is 310 g/mol. The predicted molar refractivity (Wildman–Crippen MR) is 60.8 cm³/mol. The van der Waals surface area contributed by atoms with Crippen LogP contribution >= 0.6 is 15.9 Å². The van der Waals surface area contributed by atoms with Crippen LogP contribution in [0.5, 0.6) is 5.75 Å². The molecule has 17 heavy (non-hydrogen) atoms. The highest BCUT2D eigenvalue weighted by atomic mass is 79.9. The standard InChI is InChI=1S/C11H11BrF3NO/c12-6-4-7(9-2-1-3-16-9)10(17)8(5-6)11(13,14)15/h4-5,9,16-17H,1-3H2/t9-/m0/s1. The number of rotatable bonds is 1. The van der Waals surface area contributed by atoms with Gasteiger partial charge in [-0.2, -0.15) is 13.2 Å². The van der Waals surface area contributed by atoms with Crippen LogP contribution in [-0.4, -0.2) is 11.7 Å². The number of phenols is 1. The number of halogens is 4. The number of aromatic hydroxyl groups is 1. The zero-order chi connectivity index (χ0) is 12.6. The van der Waals surface area contributed by atoms with Crippen molar-refractivity contribution in [3.63, 3.8) is 0 Å². The van der Waals surface area contributed by atoms with Crippen molar-refractivity contribution in [2.45, 2.75) is 25.1 Å². The summed E-state index contributed by atoms with van der Waals surface area (Å²) in [4.78, 5) is 0. The van der Waals surface area contributed by atoms with Crippen molar-refractivity contribution in [2.24, 2.45) is 0 Å². The van der Waals surface area contributed by atoms with E-state index in [1.165, 1.54) is 6.07 Å². The molecule has 0 spiro atoms. The van der Waals surface area contributed by atoms with Gasteiger partial charge in [-0.15, -0.1) is 0 Å². The molecule has 0 saturated carbocycles. The van der Waals surface area contributed by atoms with Crippen LogP contribution in [0.4, 0.5) is 13.2 Å². The molecule has 0 amide bonds. The van der Waals surface area contributed by atoms with Gasteiger partial charge in [0.15, 0.2) is 0 Å². The lowest BCUT2D eigenvalue weighted by Crippen LogP contribution is -2.15. The minimum Gasteiger partial charge on any atom is -0.507 e. The average Bonchev–Trinajstić information content (AvgIpc) is 2.72. The molecule has 1 aromatic rings. The molecule has 0 unspecified atom stereocenters. The van der Waals surface area contributed by atoms with Crippen LogP contribution in [0.2, 0.25) is 0 Å². The highest BCUT2D eigenvalue weighted by Gasteiger charge is 2.36. The largest absolute Gasteiger partial charge is 0.507 e. The van der Waals surface area contributed by atoms with Crippen LogP contribution in [0, 0.1) is 0 Å². The SMILES string of the molecule is Oc1c([C@@H]2CCCN2)cc(Br)cc1C(F)(F)F. The van der Waals surface area contributed by atoms with E-state index in [4.69, 9.17) is 0 Å². The Morgan fingerprint density at radius 1 is 1.35 bits per heavy atom. The summed E-state index contributed by atoms with van der Waals surface area (Å²) in [6.45, 7) is 0.762. The van der Waals surface area contributed by atoms with E-state index in [0.717, 1.165) is 25.5 Å². The molecule has 1 aliphatic heterocycles. The van der Waals surface area contributed by atoms with Crippen molar-refractivity contribution in [1.29, 1.82) is 0 Å². The monoisotopic (exact) mass is 309 g/mol. The first-order valence-corrected chi connectivity index (χ1v) is 6.02. The van der Waals surface area contributed by atoms with Gasteiger partial charge in [0.1, 0.15) is 5.75 Å². The maximum Gasteiger partial charge on any atom is 0.420 e. The minimum atomic E-state index is -4.54. The number of hydrogen-bond acceptors (Lipinski definition) is 2. The number of alkyl halides is 3. The van der Waals surface area contributed by atoms with Crippen molar-refractivity contribution in [1.82, 2.24) is 5.32 Å². The lowest BCUT2D eigenvalue weighted by molar-refractivity contribution is -0.138. The highest BCUT2D eigenvalue weighted by molar-refractivity contribution is 9.10. The Kier molecular flexibility index (Phi) is 3.36. The zero-order valence-electron chi connectivity index (χ0n) is 8.81. The first kappa shape index (κ1) is 12.7. The molecule has 6 heteroatoms. The summed E-state index contributed by atoms with van der Waals surface area (Å²) >= 11 is 3.05. The Labute approximate surface area is 105 Å². The molecule has 2 rings (SSSR count). The third-order valence-corrected chi connectivity index (χ3v) is 3.30. The molecule has 0 bridgehead atoms. The summed E-state index contributed by atoms with van der Waals surface area (Å²) in [6, 6.07) is 2.23. The Balaban J connectivity index is 2.49. The van der Waals surface area contributed by atoms with Crippen LogP contribution in [0.3, 0.4) is 0 Å². The van der Waals surface area contributed by atoms with Crippen LogP contribution in [-0.2, 0) is 6.18 Å². The highest BCUT2D eigenvalue weighted by Crippen LogP contribution is 2.42. The molecule has 1 heterocycles. The van der Waals surface area contributed by atoms with E-state index >= 15 is 0 Å². The molecule has 1 saturated heterocycles. The van der Waals surface area contributed by atoms with E-state index in [1.54, 1.807) is 0 Å². The molecule has 2 N–H and O–H groups in total. The van der Waals surface area contributed by atoms with Crippen LogP contribution < -0.4 is 5.32 Å². The lowest BCUT2D eigenvalue weighted by atomic mass is 10.0. The summed E-state index contributed by atoms with van der Waals surface area (Å²) < 4.78 is 38.4. The number of hydrogen-bond donors (Lipinski definition) is 2. The van der Waals surface area contributed by atoms with Crippen molar-refractivity contribution in [3.05, 3.63) is 27.7 Å². The van der Waals surface area contributed by atoms with Gasteiger partial charge in [-0.1, -0.05) is 15.9 Å². The van der Waals surface area contributed by atoms with Crippen LogP contribution in [0.25, 0.3) is 0 Å². The molecule has 0 radical (unpaired) electrons. The minimum absolute atomic E-state index is 0.200. The molecule has 1 aromatic carbocycles. The van der Waals surface area contributed by atoms with Gasteiger partial charge in [0, 0.05) is 16.1 Å². The Hall–Kier alpha value is -0.750. The van der Waals surface area contributed by atoms with Crippen molar-refractivity contribution in [3.8, 4) is 5.75 Å². The molecule has 94 valence electrons. The van der Waals surface area contributed by atoms with Gasteiger partial charge in [-0.05, 0) is 31.5 Å². The Morgan fingerprint density at radius 2 is 2.06 bits per heavy atom. The molecular weight excluding hydrogens is 299 g/mol. The first-order valence-electron chi connectivity index (χ1n) is 5.22. The second-order valence-corrected chi connectivity index (χ2v) is 4.95.